The van der Waals surface area contributed by atoms with Crippen LogP contribution in [0.25, 0.3) is 5.57 Å². The average Bonchev–Trinajstić information content (AvgIpc) is 2.87. The largest absolute Gasteiger partial charge is 0.495 e. The lowest BCUT2D eigenvalue weighted by Crippen LogP contribution is -2.33. The molecular formula is C20H19ClN2O3. The summed E-state index contributed by atoms with van der Waals surface area (Å²) in [7, 11) is 1.53. The van der Waals surface area contributed by atoms with Crippen LogP contribution in [0.2, 0.25) is 5.02 Å². The molecule has 1 N–H and O–H groups in total. The highest BCUT2D eigenvalue weighted by molar-refractivity contribution is 6.36. The molecule has 2 aromatic carbocycles. The maximum Gasteiger partial charge on any atom is 0.278 e. The third kappa shape index (κ3) is 3.30. The molecule has 0 fully saturated rings. The number of carbonyl (C=O) groups is 2. The summed E-state index contributed by atoms with van der Waals surface area (Å²) in [6.45, 7) is 2.31. The number of ether oxygens (including phenoxy) is 1. The van der Waals surface area contributed by atoms with Gasteiger partial charge in [-0.05, 0) is 30.2 Å². The molecule has 2 amide bonds. The van der Waals surface area contributed by atoms with Crippen molar-refractivity contribution in [3.63, 3.8) is 0 Å². The number of nitrogens with zero attached hydrogens (tertiary/aromatic N) is 1. The smallest absolute Gasteiger partial charge is 0.278 e. The summed E-state index contributed by atoms with van der Waals surface area (Å²) in [6, 6.07) is 14.3. The van der Waals surface area contributed by atoms with Gasteiger partial charge in [0, 0.05) is 12.2 Å². The maximum absolute atomic E-state index is 12.8. The molecule has 0 spiro atoms. The van der Waals surface area contributed by atoms with Crippen molar-refractivity contribution in [2.45, 2.75) is 13.3 Å². The van der Waals surface area contributed by atoms with Gasteiger partial charge in [0.05, 0.1) is 17.7 Å². The van der Waals surface area contributed by atoms with Gasteiger partial charge >= 0.3 is 0 Å². The molecule has 1 aliphatic heterocycles. The van der Waals surface area contributed by atoms with E-state index in [-0.39, 0.29) is 17.5 Å². The van der Waals surface area contributed by atoms with Gasteiger partial charge in [-0.2, -0.15) is 0 Å². The van der Waals surface area contributed by atoms with Crippen LogP contribution in [-0.2, 0) is 9.59 Å². The summed E-state index contributed by atoms with van der Waals surface area (Å²) in [5.41, 5.74) is 1.94. The summed E-state index contributed by atoms with van der Waals surface area (Å²) in [6.07, 6.45) is 0.696. The number of imide groups is 1. The minimum absolute atomic E-state index is 0.260. The zero-order chi connectivity index (χ0) is 18.7. The molecule has 26 heavy (non-hydrogen) atoms. The highest BCUT2D eigenvalue weighted by Crippen LogP contribution is 2.33. The fraction of sp³-hybridized carbons (Fsp3) is 0.200. The molecule has 0 bridgehead atoms. The zero-order valence-electron chi connectivity index (χ0n) is 14.6. The second-order valence-corrected chi connectivity index (χ2v) is 6.26. The van der Waals surface area contributed by atoms with Crippen LogP contribution in [0.15, 0.2) is 54.2 Å². The van der Waals surface area contributed by atoms with Crippen LogP contribution in [0.1, 0.15) is 18.9 Å². The van der Waals surface area contributed by atoms with E-state index in [2.05, 4.69) is 5.32 Å². The number of carbonyl (C=O) groups excluding carboxylic acids is 2. The lowest BCUT2D eigenvalue weighted by atomic mass is 10.0. The second kappa shape index (κ2) is 7.62. The SMILES string of the molecule is CCCN1C(=O)C(Nc2ccc(OC)c(Cl)c2)=C(c2ccccc2)C1=O. The molecular weight excluding hydrogens is 352 g/mol. The van der Waals surface area contributed by atoms with Gasteiger partial charge in [0.15, 0.2) is 0 Å². The monoisotopic (exact) mass is 370 g/mol. The van der Waals surface area contributed by atoms with Crippen LogP contribution in [0.5, 0.6) is 5.75 Å². The Morgan fingerprint density at radius 1 is 1.08 bits per heavy atom. The second-order valence-electron chi connectivity index (χ2n) is 5.85. The fourth-order valence-electron chi connectivity index (χ4n) is 2.88. The molecule has 0 saturated heterocycles. The third-order valence-electron chi connectivity index (χ3n) is 4.10. The van der Waals surface area contributed by atoms with Gasteiger partial charge < -0.3 is 10.1 Å². The van der Waals surface area contributed by atoms with Crippen molar-refractivity contribution in [2.75, 3.05) is 19.0 Å². The Kier molecular flexibility index (Phi) is 5.28. The van der Waals surface area contributed by atoms with E-state index >= 15 is 0 Å². The predicted molar refractivity (Wildman–Crippen MR) is 102 cm³/mol. The molecule has 0 radical (unpaired) electrons. The van der Waals surface area contributed by atoms with E-state index in [1.807, 2.05) is 37.3 Å². The van der Waals surface area contributed by atoms with Crippen molar-refractivity contribution in [1.29, 1.82) is 0 Å². The van der Waals surface area contributed by atoms with Gasteiger partial charge in [0.1, 0.15) is 11.4 Å². The summed E-state index contributed by atoms with van der Waals surface area (Å²) < 4.78 is 5.15. The van der Waals surface area contributed by atoms with Crippen LogP contribution < -0.4 is 10.1 Å². The number of halogens is 1. The van der Waals surface area contributed by atoms with E-state index in [9.17, 15) is 9.59 Å². The topological polar surface area (TPSA) is 58.6 Å². The zero-order valence-corrected chi connectivity index (χ0v) is 15.3. The first kappa shape index (κ1) is 18.0. The van der Waals surface area contributed by atoms with E-state index in [1.165, 1.54) is 12.0 Å². The Morgan fingerprint density at radius 3 is 2.42 bits per heavy atom. The first-order chi connectivity index (χ1) is 12.6. The van der Waals surface area contributed by atoms with E-state index in [0.717, 1.165) is 0 Å². The maximum atomic E-state index is 12.8. The first-order valence-corrected chi connectivity index (χ1v) is 8.71. The third-order valence-corrected chi connectivity index (χ3v) is 4.39. The molecule has 0 aliphatic carbocycles. The Hall–Kier alpha value is -2.79. The minimum atomic E-state index is -0.331. The lowest BCUT2D eigenvalue weighted by Gasteiger charge is -2.14. The van der Waals surface area contributed by atoms with Crippen molar-refractivity contribution in [1.82, 2.24) is 4.90 Å². The van der Waals surface area contributed by atoms with Crippen molar-refractivity contribution in [3.8, 4) is 5.75 Å². The predicted octanol–water partition coefficient (Wildman–Crippen LogP) is 3.95. The number of hydrogen-bond donors (Lipinski definition) is 1. The molecule has 2 aromatic rings. The number of amides is 2. The van der Waals surface area contributed by atoms with Gasteiger partial charge in [-0.3, -0.25) is 14.5 Å². The Morgan fingerprint density at radius 2 is 1.81 bits per heavy atom. The Balaban J connectivity index is 2.04. The number of hydrogen-bond acceptors (Lipinski definition) is 4. The quantitative estimate of drug-likeness (QED) is 0.782. The summed E-state index contributed by atoms with van der Waals surface area (Å²) >= 11 is 6.17. The Bertz CT molecular complexity index is 878. The normalized spacial score (nSPS) is 14.2. The van der Waals surface area contributed by atoms with Gasteiger partial charge in [0.25, 0.3) is 11.8 Å². The molecule has 1 aliphatic rings. The summed E-state index contributed by atoms with van der Waals surface area (Å²) in [5.74, 6) is -0.0799. The number of anilines is 1. The van der Waals surface area contributed by atoms with Crippen molar-refractivity contribution >= 4 is 34.7 Å². The highest BCUT2D eigenvalue weighted by atomic mass is 35.5. The standard InChI is InChI=1S/C20H19ClN2O3/c1-3-11-23-19(24)17(13-7-5-4-6-8-13)18(20(23)25)22-14-9-10-16(26-2)15(21)12-14/h4-10,12,22H,3,11H2,1-2H3. The number of rotatable bonds is 6. The van der Waals surface area contributed by atoms with Crippen molar-refractivity contribution in [3.05, 3.63) is 64.8 Å². The first-order valence-electron chi connectivity index (χ1n) is 8.33. The Labute approximate surface area is 157 Å². The number of nitrogens with one attached hydrogen (secondary N) is 1. The van der Waals surface area contributed by atoms with Gasteiger partial charge in [0.2, 0.25) is 0 Å². The van der Waals surface area contributed by atoms with Gasteiger partial charge in [-0.25, -0.2) is 0 Å². The van der Waals surface area contributed by atoms with E-state index in [0.29, 0.717) is 40.6 Å². The molecule has 5 nitrogen and oxygen atoms in total. The van der Waals surface area contributed by atoms with Gasteiger partial charge in [-0.1, -0.05) is 48.9 Å². The van der Waals surface area contributed by atoms with Crippen LogP contribution in [0.3, 0.4) is 0 Å². The molecule has 6 heteroatoms. The summed E-state index contributed by atoms with van der Waals surface area (Å²) in [4.78, 5) is 26.9. The van der Waals surface area contributed by atoms with Gasteiger partial charge in [-0.15, -0.1) is 0 Å². The molecule has 0 saturated carbocycles. The highest BCUT2D eigenvalue weighted by Gasteiger charge is 2.38. The molecule has 0 atom stereocenters. The minimum Gasteiger partial charge on any atom is -0.495 e. The number of methoxy groups -OCH3 is 1. The molecule has 0 unspecified atom stereocenters. The van der Waals surface area contributed by atoms with Crippen LogP contribution in [0, 0.1) is 0 Å². The van der Waals surface area contributed by atoms with Crippen LogP contribution in [0.4, 0.5) is 5.69 Å². The van der Waals surface area contributed by atoms with E-state index in [1.54, 1.807) is 18.2 Å². The molecule has 0 aromatic heterocycles. The van der Waals surface area contributed by atoms with Crippen LogP contribution >= 0.6 is 11.6 Å². The molecule has 134 valence electrons. The van der Waals surface area contributed by atoms with E-state index < -0.39 is 0 Å². The fourth-order valence-corrected chi connectivity index (χ4v) is 3.14. The van der Waals surface area contributed by atoms with Crippen molar-refractivity contribution in [2.24, 2.45) is 0 Å². The lowest BCUT2D eigenvalue weighted by molar-refractivity contribution is -0.136. The average molecular weight is 371 g/mol. The molecule has 1 heterocycles. The number of benzene rings is 2. The van der Waals surface area contributed by atoms with E-state index in [4.69, 9.17) is 16.3 Å². The van der Waals surface area contributed by atoms with Crippen molar-refractivity contribution < 1.29 is 14.3 Å². The van der Waals surface area contributed by atoms with Crippen LogP contribution in [-0.4, -0.2) is 30.4 Å². The molecule has 3 rings (SSSR count). The summed E-state index contributed by atoms with van der Waals surface area (Å²) in [5, 5.41) is 3.50.